The lowest BCUT2D eigenvalue weighted by Gasteiger charge is -2.23. The predicted molar refractivity (Wildman–Crippen MR) is 174 cm³/mol. The van der Waals surface area contributed by atoms with Gasteiger partial charge < -0.3 is 19.3 Å². The number of carbonyl (C=O) groups is 2. The number of ether oxygens (including phenoxy) is 3. The molecule has 2 heterocycles. The maximum absolute atomic E-state index is 13.7. The number of ketones is 1. The Morgan fingerprint density at radius 3 is 2.30 bits per heavy atom. The van der Waals surface area contributed by atoms with Gasteiger partial charge in [0.25, 0.3) is 5.78 Å². The molecule has 44 heavy (non-hydrogen) atoms. The Labute approximate surface area is 261 Å². The number of amides is 1. The van der Waals surface area contributed by atoms with Crippen LogP contribution in [0.3, 0.4) is 0 Å². The first-order valence-electron chi connectivity index (χ1n) is 15.3. The monoisotopic (exact) mass is 614 g/mol. The van der Waals surface area contributed by atoms with Gasteiger partial charge in [-0.25, -0.2) is 4.98 Å². The van der Waals surface area contributed by atoms with E-state index in [-0.39, 0.29) is 11.3 Å². The Morgan fingerprint density at radius 1 is 0.841 bits per heavy atom. The molecular weight excluding hydrogens is 576 g/mol. The summed E-state index contributed by atoms with van der Waals surface area (Å²) in [4.78, 5) is 33.5. The summed E-state index contributed by atoms with van der Waals surface area (Å²) in [6.45, 7) is 7.81. The number of Topliss-reactive ketones (excluding diaryl/α,β-unsaturated/α-hetero) is 1. The summed E-state index contributed by atoms with van der Waals surface area (Å²) in [6, 6.07) is 18.9. The minimum absolute atomic E-state index is 0.00779. The first-order chi connectivity index (χ1) is 21.4. The van der Waals surface area contributed by atoms with Crippen LogP contribution in [0.5, 0.6) is 17.2 Å². The summed E-state index contributed by atoms with van der Waals surface area (Å²) >= 11 is 1.29. The molecule has 230 valence electrons. The number of benzene rings is 3. The van der Waals surface area contributed by atoms with Gasteiger partial charge >= 0.3 is 5.91 Å². The molecule has 3 aromatic carbocycles. The Bertz CT molecular complexity index is 1640. The zero-order valence-electron chi connectivity index (χ0n) is 25.4. The Balaban J connectivity index is 1.57. The lowest BCUT2D eigenvalue weighted by atomic mass is 9.95. The second kappa shape index (κ2) is 14.4. The molecule has 0 radical (unpaired) electrons. The van der Waals surface area contributed by atoms with Crippen molar-refractivity contribution in [3.63, 3.8) is 0 Å². The van der Waals surface area contributed by atoms with Gasteiger partial charge in [-0.2, -0.15) is 0 Å². The maximum Gasteiger partial charge on any atom is 0.301 e. The van der Waals surface area contributed by atoms with Crippen LogP contribution in [0.4, 0.5) is 5.13 Å². The zero-order chi connectivity index (χ0) is 31.1. The van der Waals surface area contributed by atoms with Crippen molar-refractivity contribution in [1.82, 2.24) is 4.98 Å². The first-order valence-corrected chi connectivity index (χ1v) is 16.1. The Hall–Kier alpha value is -4.37. The second-order valence-corrected chi connectivity index (χ2v) is 11.6. The summed E-state index contributed by atoms with van der Waals surface area (Å²) in [5.41, 5.74) is 1.72. The van der Waals surface area contributed by atoms with E-state index in [0.717, 1.165) is 36.8 Å². The van der Waals surface area contributed by atoms with Gasteiger partial charge in [0.05, 0.1) is 41.7 Å². The van der Waals surface area contributed by atoms with Crippen molar-refractivity contribution >= 4 is 44.1 Å². The van der Waals surface area contributed by atoms with Gasteiger partial charge in [0.1, 0.15) is 23.0 Å². The van der Waals surface area contributed by atoms with Crippen LogP contribution in [0.15, 0.2) is 72.3 Å². The molecule has 1 amide bonds. The minimum atomic E-state index is -0.902. The van der Waals surface area contributed by atoms with Crippen molar-refractivity contribution < 1.29 is 28.9 Å². The highest BCUT2D eigenvalue weighted by atomic mass is 32.1. The van der Waals surface area contributed by atoms with Gasteiger partial charge in [-0.1, -0.05) is 68.7 Å². The summed E-state index contributed by atoms with van der Waals surface area (Å²) in [5.74, 6) is 0.173. The van der Waals surface area contributed by atoms with Gasteiger partial charge in [-0.3, -0.25) is 14.5 Å². The Morgan fingerprint density at radius 2 is 1.55 bits per heavy atom. The number of fused-ring (bicyclic) bond motifs is 1. The molecule has 0 aliphatic carbocycles. The van der Waals surface area contributed by atoms with Crippen LogP contribution in [-0.4, -0.2) is 41.6 Å². The van der Waals surface area contributed by atoms with Crippen LogP contribution < -0.4 is 19.1 Å². The van der Waals surface area contributed by atoms with Crippen molar-refractivity contribution in [2.24, 2.45) is 0 Å². The quantitative estimate of drug-likeness (QED) is 0.0664. The highest BCUT2D eigenvalue weighted by Gasteiger charge is 2.48. The van der Waals surface area contributed by atoms with Crippen LogP contribution in [0.25, 0.3) is 16.0 Å². The number of anilines is 1. The number of rotatable bonds is 14. The minimum Gasteiger partial charge on any atom is -0.507 e. The first kappa shape index (κ1) is 31.1. The fourth-order valence-electron chi connectivity index (χ4n) is 5.11. The summed E-state index contributed by atoms with van der Waals surface area (Å²) in [6.07, 6.45) is 5.04. The summed E-state index contributed by atoms with van der Waals surface area (Å²) < 4.78 is 18.2. The van der Waals surface area contributed by atoms with Crippen molar-refractivity contribution in [2.45, 2.75) is 58.9 Å². The highest BCUT2D eigenvalue weighted by molar-refractivity contribution is 7.22. The van der Waals surface area contributed by atoms with Crippen LogP contribution in [0.2, 0.25) is 0 Å². The van der Waals surface area contributed by atoms with Crippen LogP contribution in [0.1, 0.15) is 70.0 Å². The van der Waals surface area contributed by atoms with Crippen molar-refractivity contribution in [1.29, 1.82) is 0 Å². The maximum atomic E-state index is 13.7. The third kappa shape index (κ3) is 6.73. The number of hydrogen-bond donors (Lipinski definition) is 1. The van der Waals surface area contributed by atoms with E-state index in [2.05, 4.69) is 13.8 Å². The molecule has 1 saturated heterocycles. The molecule has 5 rings (SSSR count). The van der Waals surface area contributed by atoms with E-state index < -0.39 is 17.7 Å². The molecule has 1 N–H and O–H groups in total. The van der Waals surface area contributed by atoms with Crippen molar-refractivity contribution in [3.8, 4) is 17.2 Å². The highest BCUT2D eigenvalue weighted by Crippen LogP contribution is 2.45. The zero-order valence-corrected chi connectivity index (χ0v) is 26.2. The Kier molecular flexibility index (Phi) is 10.2. The molecule has 1 unspecified atom stereocenters. The van der Waals surface area contributed by atoms with E-state index in [1.165, 1.54) is 16.2 Å². The van der Waals surface area contributed by atoms with Crippen LogP contribution in [0, 0.1) is 0 Å². The van der Waals surface area contributed by atoms with E-state index in [0.29, 0.717) is 58.8 Å². The van der Waals surface area contributed by atoms with Crippen LogP contribution in [-0.2, 0) is 9.59 Å². The lowest BCUT2D eigenvalue weighted by Crippen LogP contribution is -2.29. The number of carbonyl (C=O) groups excluding carboxylic acids is 2. The molecule has 0 saturated carbocycles. The predicted octanol–water partition coefficient (Wildman–Crippen LogP) is 8.07. The lowest BCUT2D eigenvalue weighted by molar-refractivity contribution is -0.132. The number of thiazole rings is 1. The van der Waals surface area contributed by atoms with Gasteiger partial charge in [-0.15, -0.1) is 0 Å². The third-order valence-electron chi connectivity index (χ3n) is 7.40. The van der Waals surface area contributed by atoms with E-state index in [4.69, 9.17) is 19.2 Å². The van der Waals surface area contributed by atoms with Gasteiger partial charge in [0, 0.05) is 5.56 Å². The standard InChI is InChI=1S/C35H38N2O6S/c1-4-7-9-20-42-25-15-13-23(14-16-25)31-30(32(38)24-11-10-12-26(21-24)43-19-8-5-2)33(39)34(40)37(31)35-36-28-18-17-27(41-6-3)22-29(28)44-35/h10-18,21-22,31,38H,4-9,19-20H2,1-3H3. The van der Waals surface area contributed by atoms with Crippen molar-refractivity contribution in [2.75, 3.05) is 24.7 Å². The average Bonchev–Trinajstić information content (AvgIpc) is 3.57. The molecular formula is C35H38N2O6S. The largest absolute Gasteiger partial charge is 0.507 e. The van der Waals surface area contributed by atoms with E-state index in [9.17, 15) is 14.7 Å². The molecule has 0 bridgehead atoms. The van der Waals surface area contributed by atoms with Gasteiger partial charge in [-0.05, 0) is 67.8 Å². The fraction of sp³-hybridized carbons (Fsp3) is 0.343. The average molecular weight is 615 g/mol. The van der Waals surface area contributed by atoms with Gasteiger partial charge in [0.2, 0.25) is 0 Å². The normalized spacial score (nSPS) is 16.1. The van der Waals surface area contributed by atoms with E-state index in [1.807, 2.05) is 49.4 Å². The molecule has 1 fully saturated rings. The molecule has 1 aromatic heterocycles. The summed E-state index contributed by atoms with van der Waals surface area (Å²) in [5, 5.41) is 12.0. The number of hydrogen-bond acceptors (Lipinski definition) is 8. The van der Waals surface area contributed by atoms with E-state index in [1.54, 1.807) is 24.3 Å². The smallest absolute Gasteiger partial charge is 0.301 e. The number of aromatic nitrogens is 1. The van der Waals surface area contributed by atoms with Crippen LogP contribution >= 0.6 is 11.3 Å². The molecule has 9 heteroatoms. The molecule has 1 aliphatic rings. The van der Waals surface area contributed by atoms with Gasteiger partial charge in [0.15, 0.2) is 5.13 Å². The molecule has 8 nitrogen and oxygen atoms in total. The SMILES string of the molecule is CCCCCOc1ccc(C2C(=C(O)c3cccc(OCCCC)c3)C(=O)C(=O)N2c2nc3ccc(OCC)cc3s2)cc1. The fourth-order valence-corrected chi connectivity index (χ4v) is 6.13. The molecule has 4 aromatic rings. The molecule has 0 spiro atoms. The van der Waals surface area contributed by atoms with Crippen molar-refractivity contribution in [3.05, 3.63) is 83.4 Å². The number of nitrogens with zero attached hydrogens (tertiary/aromatic N) is 2. The topological polar surface area (TPSA) is 98.2 Å². The van der Waals surface area contributed by atoms with E-state index >= 15 is 0 Å². The number of aliphatic hydroxyl groups excluding tert-OH is 1. The third-order valence-corrected chi connectivity index (χ3v) is 8.41. The number of unbranched alkanes of at least 4 members (excludes halogenated alkanes) is 3. The second-order valence-electron chi connectivity index (χ2n) is 10.6. The number of aliphatic hydroxyl groups is 1. The summed E-state index contributed by atoms with van der Waals surface area (Å²) in [7, 11) is 0. The molecule has 1 aliphatic heterocycles. The molecule has 1 atom stereocenters.